The lowest BCUT2D eigenvalue weighted by molar-refractivity contribution is -0.126. The van der Waals surface area contributed by atoms with Crippen molar-refractivity contribution in [1.82, 2.24) is 9.88 Å². The maximum absolute atomic E-state index is 12.7. The Hall–Kier alpha value is -2.89. The molecule has 1 fully saturated rings. The number of aromatic amines is 1. The molecule has 1 aliphatic rings. The van der Waals surface area contributed by atoms with Crippen LogP contribution in [0.5, 0.6) is 0 Å². The number of aromatic nitrogens is 1. The lowest BCUT2D eigenvalue weighted by Gasteiger charge is -2.19. The number of nitrogens with one attached hydrogen (secondary N) is 1. The molecular weight excluding hydrogens is 306 g/mol. The van der Waals surface area contributed by atoms with Crippen LogP contribution in [0.15, 0.2) is 36.4 Å². The average molecular weight is 325 g/mol. The van der Waals surface area contributed by atoms with E-state index in [1.807, 2.05) is 13.0 Å². The summed E-state index contributed by atoms with van der Waals surface area (Å²) in [6, 6.07) is 9.65. The number of imide groups is 1. The van der Waals surface area contributed by atoms with Gasteiger partial charge >= 0.3 is 6.03 Å². The molecule has 1 aromatic heterocycles. The average Bonchev–Trinajstić information content (AvgIpc) is 3.00. The highest BCUT2D eigenvalue weighted by Crippen LogP contribution is 2.25. The van der Waals surface area contributed by atoms with Gasteiger partial charge in [-0.2, -0.15) is 0 Å². The third-order valence-corrected chi connectivity index (χ3v) is 4.23. The van der Waals surface area contributed by atoms with Gasteiger partial charge in [-0.1, -0.05) is 18.2 Å². The summed E-state index contributed by atoms with van der Waals surface area (Å²) in [5.74, 6) is -0.609. The zero-order valence-electron chi connectivity index (χ0n) is 13.9. The molecule has 1 N–H and O–H groups in total. The van der Waals surface area contributed by atoms with Crippen molar-refractivity contribution in [3.05, 3.63) is 53.3 Å². The maximum Gasteiger partial charge on any atom is 0.332 e. The fourth-order valence-corrected chi connectivity index (χ4v) is 3.04. The van der Waals surface area contributed by atoms with Gasteiger partial charge in [-0.25, -0.2) is 4.79 Å². The van der Waals surface area contributed by atoms with E-state index in [4.69, 9.17) is 0 Å². The Balaban J connectivity index is 1.84. The van der Waals surface area contributed by atoms with E-state index in [0.717, 1.165) is 16.3 Å². The van der Waals surface area contributed by atoms with Crippen LogP contribution in [-0.2, 0) is 4.79 Å². The predicted molar refractivity (Wildman–Crippen MR) is 90.1 cm³/mol. The number of Topliss-reactive ketones (excluding diaryl/α,β-unsaturated/α-hetero) is 1. The Labute approximate surface area is 140 Å². The van der Waals surface area contributed by atoms with Gasteiger partial charge in [-0.05, 0) is 39.0 Å². The van der Waals surface area contributed by atoms with Crippen molar-refractivity contribution in [2.24, 2.45) is 0 Å². The molecule has 24 heavy (non-hydrogen) atoms. The standard InChI is InChI=1S/C18H19N3O3/c1-11-9-15(12(2)19-11)16(22)10-20-17(23)13(3)21(18(20)24)14-7-5-4-6-8-14/h4-9,13,19H,10H2,1-3H3. The number of amides is 3. The number of rotatable bonds is 4. The molecular formula is C18H19N3O3. The van der Waals surface area contributed by atoms with E-state index in [0.29, 0.717) is 11.3 Å². The minimum atomic E-state index is -0.623. The summed E-state index contributed by atoms with van der Waals surface area (Å²) in [6.07, 6.45) is 0. The van der Waals surface area contributed by atoms with E-state index < -0.39 is 12.1 Å². The van der Waals surface area contributed by atoms with Gasteiger partial charge in [-0.3, -0.25) is 19.4 Å². The molecule has 3 amide bonds. The third kappa shape index (κ3) is 2.60. The zero-order chi connectivity index (χ0) is 17.4. The Bertz CT molecular complexity index is 810. The number of hydrogen-bond acceptors (Lipinski definition) is 3. The second-order valence-corrected chi connectivity index (χ2v) is 6.00. The summed E-state index contributed by atoms with van der Waals surface area (Å²) in [5, 5.41) is 0. The first-order chi connectivity index (χ1) is 11.4. The van der Waals surface area contributed by atoms with Crippen molar-refractivity contribution in [2.75, 3.05) is 11.4 Å². The van der Waals surface area contributed by atoms with Crippen LogP contribution in [0.1, 0.15) is 28.7 Å². The summed E-state index contributed by atoms with van der Waals surface area (Å²) in [5.41, 5.74) is 2.77. The van der Waals surface area contributed by atoms with Gasteiger partial charge in [0, 0.05) is 22.6 Å². The Kier molecular flexibility index (Phi) is 3.97. The van der Waals surface area contributed by atoms with E-state index >= 15 is 0 Å². The lowest BCUT2D eigenvalue weighted by Crippen LogP contribution is -2.37. The monoisotopic (exact) mass is 325 g/mol. The number of carbonyl (C=O) groups excluding carboxylic acids is 3. The predicted octanol–water partition coefficient (Wildman–Crippen LogP) is 2.67. The second-order valence-electron chi connectivity index (χ2n) is 6.00. The Morgan fingerprint density at radius 2 is 1.83 bits per heavy atom. The van der Waals surface area contributed by atoms with Crippen LogP contribution in [0.4, 0.5) is 10.5 Å². The molecule has 0 aliphatic carbocycles. The molecule has 6 nitrogen and oxygen atoms in total. The molecule has 2 heterocycles. The quantitative estimate of drug-likeness (QED) is 0.694. The zero-order valence-corrected chi connectivity index (χ0v) is 13.9. The molecule has 1 aromatic carbocycles. The van der Waals surface area contributed by atoms with E-state index in [1.165, 1.54) is 4.90 Å². The molecule has 1 saturated heterocycles. The van der Waals surface area contributed by atoms with Crippen molar-refractivity contribution in [2.45, 2.75) is 26.8 Å². The van der Waals surface area contributed by atoms with Crippen LogP contribution in [0.25, 0.3) is 0 Å². The highest BCUT2D eigenvalue weighted by atomic mass is 16.2. The summed E-state index contributed by atoms with van der Waals surface area (Å²) in [7, 11) is 0. The molecule has 1 aliphatic heterocycles. The first-order valence-corrected chi connectivity index (χ1v) is 7.79. The molecule has 2 aromatic rings. The third-order valence-electron chi connectivity index (χ3n) is 4.23. The molecule has 0 radical (unpaired) electrons. The van der Waals surface area contributed by atoms with Crippen molar-refractivity contribution in [1.29, 1.82) is 0 Å². The van der Waals surface area contributed by atoms with Crippen molar-refractivity contribution >= 4 is 23.4 Å². The molecule has 0 spiro atoms. The van der Waals surface area contributed by atoms with Crippen LogP contribution in [0.2, 0.25) is 0 Å². The molecule has 3 rings (SSSR count). The number of nitrogens with zero attached hydrogens (tertiary/aromatic N) is 2. The highest BCUT2D eigenvalue weighted by Gasteiger charge is 2.44. The summed E-state index contributed by atoms with van der Waals surface area (Å²) in [6.45, 7) is 5.08. The van der Waals surface area contributed by atoms with Crippen molar-refractivity contribution in [3.8, 4) is 0 Å². The van der Waals surface area contributed by atoms with E-state index in [-0.39, 0.29) is 18.2 Å². The van der Waals surface area contributed by atoms with Crippen LogP contribution < -0.4 is 4.90 Å². The van der Waals surface area contributed by atoms with Gasteiger partial charge in [-0.15, -0.1) is 0 Å². The largest absolute Gasteiger partial charge is 0.362 e. The topological polar surface area (TPSA) is 73.5 Å². The molecule has 1 atom stereocenters. The molecule has 0 bridgehead atoms. The van der Waals surface area contributed by atoms with Crippen molar-refractivity contribution < 1.29 is 14.4 Å². The summed E-state index contributed by atoms with van der Waals surface area (Å²) < 4.78 is 0. The maximum atomic E-state index is 12.7. The number of urea groups is 1. The number of anilines is 1. The number of benzene rings is 1. The Morgan fingerprint density at radius 1 is 1.17 bits per heavy atom. The lowest BCUT2D eigenvalue weighted by atomic mass is 10.1. The van der Waals surface area contributed by atoms with Gasteiger partial charge in [0.15, 0.2) is 5.78 Å². The first-order valence-electron chi connectivity index (χ1n) is 7.79. The Morgan fingerprint density at radius 3 is 2.42 bits per heavy atom. The number of carbonyl (C=O) groups is 3. The van der Waals surface area contributed by atoms with Crippen LogP contribution in [-0.4, -0.2) is 40.2 Å². The highest BCUT2D eigenvalue weighted by molar-refractivity contribution is 6.16. The minimum absolute atomic E-state index is 0.247. The van der Waals surface area contributed by atoms with Crippen LogP contribution >= 0.6 is 0 Å². The van der Waals surface area contributed by atoms with Gasteiger partial charge in [0.25, 0.3) is 5.91 Å². The number of H-pyrrole nitrogens is 1. The minimum Gasteiger partial charge on any atom is -0.362 e. The fourth-order valence-electron chi connectivity index (χ4n) is 3.04. The van der Waals surface area contributed by atoms with Gasteiger partial charge in [0.1, 0.15) is 6.04 Å². The second kappa shape index (κ2) is 5.96. The number of ketones is 1. The van der Waals surface area contributed by atoms with Crippen LogP contribution in [0.3, 0.4) is 0 Å². The van der Waals surface area contributed by atoms with E-state index in [1.54, 1.807) is 44.2 Å². The number of para-hydroxylation sites is 1. The number of hydrogen-bond donors (Lipinski definition) is 1. The fraction of sp³-hybridized carbons (Fsp3) is 0.278. The van der Waals surface area contributed by atoms with Crippen molar-refractivity contribution in [3.63, 3.8) is 0 Å². The normalized spacial score (nSPS) is 17.7. The van der Waals surface area contributed by atoms with Crippen LogP contribution in [0, 0.1) is 13.8 Å². The van der Waals surface area contributed by atoms with Gasteiger partial charge < -0.3 is 4.98 Å². The first kappa shape index (κ1) is 16.0. The number of aryl methyl sites for hydroxylation is 2. The molecule has 124 valence electrons. The van der Waals surface area contributed by atoms with Gasteiger partial charge in [0.05, 0.1) is 6.54 Å². The molecule has 6 heteroatoms. The SMILES string of the molecule is Cc1cc(C(=O)CN2C(=O)C(C)N(c3ccccc3)C2=O)c(C)[nH]1. The smallest absolute Gasteiger partial charge is 0.332 e. The van der Waals surface area contributed by atoms with Gasteiger partial charge in [0.2, 0.25) is 0 Å². The summed E-state index contributed by atoms with van der Waals surface area (Å²) >= 11 is 0. The molecule has 1 unspecified atom stereocenters. The van der Waals surface area contributed by atoms with E-state index in [9.17, 15) is 14.4 Å². The van der Waals surface area contributed by atoms with E-state index in [2.05, 4.69) is 4.98 Å². The summed E-state index contributed by atoms with van der Waals surface area (Å²) in [4.78, 5) is 43.1. The molecule has 0 saturated carbocycles.